The average Bonchev–Trinajstić information content (AvgIpc) is 2.33. The van der Waals surface area contributed by atoms with E-state index in [-0.39, 0.29) is 6.42 Å². The molecule has 0 radical (unpaired) electrons. The smallest absolute Gasteiger partial charge is 0.389 e. The molecule has 0 saturated carbocycles. The van der Waals surface area contributed by atoms with Gasteiger partial charge in [-0.05, 0) is 36.6 Å². The molecule has 108 valence electrons. The fourth-order valence-electron chi connectivity index (χ4n) is 1.75. The lowest BCUT2D eigenvalue weighted by atomic mass is 10.0. The summed E-state index contributed by atoms with van der Waals surface area (Å²) in [5.41, 5.74) is 3.23. The van der Waals surface area contributed by atoms with Crippen molar-refractivity contribution in [2.45, 2.75) is 31.5 Å². The number of alkyl halides is 3. The Balaban J connectivity index is 2.72. The van der Waals surface area contributed by atoms with Crippen LogP contribution in [0.1, 0.15) is 18.4 Å². The summed E-state index contributed by atoms with van der Waals surface area (Å²) in [6.07, 6.45) is -4.74. The van der Waals surface area contributed by atoms with Crippen LogP contribution in [0.3, 0.4) is 0 Å². The molecule has 3 nitrogen and oxygen atoms in total. The summed E-state index contributed by atoms with van der Waals surface area (Å²) in [6, 6.07) is 4.93. The molecular formula is C12H16BrF3N2O. The molecule has 7 heteroatoms. The molecule has 1 aromatic carbocycles. The molecular weight excluding hydrogens is 325 g/mol. The van der Waals surface area contributed by atoms with Crippen LogP contribution in [-0.2, 0) is 6.42 Å². The van der Waals surface area contributed by atoms with Crippen LogP contribution in [-0.4, -0.2) is 19.3 Å². The maximum absolute atomic E-state index is 12.2. The molecule has 1 atom stereocenters. The van der Waals surface area contributed by atoms with Gasteiger partial charge in [0.15, 0.2) is 0 Å². The summed E-state index contributed by atoms with van der Waals surface area (Å²) in [4.78, 5) is 0. The van der Waals surface area contributed by atoms with E-state index in [4.69, 9.17) is 10.6 Å². The zero-order chi connectivity index (χ0) is 14.5. The number of halogens is 4. The van der Waals surface area contributed by atoms with Gasteiger partial charge in [-0.2, -0.15) is 13.2 Å². The molecule has 0 aliphatic heterocycles. The Bertz CT molecular complexity index is 412. The minimum atomic E-state index is -4.17. The quantitative estimate of drug-likeness (QED) is 0.617. The normalized spacial score (nSPS) is 13.4. The molecule has 0 fully saturated rings. The van der Waals surface area contributed by atoms with E-state index in [1.807, 2.05) is 12.1 Å². The van der Waals surface area contributed by atoms with E-state index in [1.54, 1.807) is 6.07 Å². The molecule has 0 amide bonds. The van der Waals surface area contributed by atoms with Gasteiger partial charge < -0.3 is 4.74 Å². The first-order valence-corrected chi connectivity index (χ1v) is 6.50. The second-order valence-corrected chi connectivity index (χ2v) is 5.09. The molecule has 3 N–H and O–H groups in total. The van der Waals surface area contributed by atoms with Crippen LogP contribution in [0.25, 0.3) is 0 Å². The predicted octanol–water partition coefficient (Wildman–Crippen LogP) is 3.17. The highest BCUT2D eigenvalue weighted by Gasteiger charge is 2.28. The third kappa shape index (κ3) is 5.80. The van der Waals surface area contributed by atoms with Crippen LogP contribution >= 0.6 is 15.9 Å². The highest BCUT2D eigenvalue weighted by molar-refractivity contribution is 9.10. The van der Waals surface area contributed by atoms with Crippen molar-refractivity contribution in [3.8, 4) is 5.75 Å². The van der Waals surface area contributed by atoms with Crippen LogP contribution in [0.2, 0.25) is 0 Å². The third-order valence-electron chi connectivity index (χ3n) is 2.72. The summed E-state index contributed by atoms with van der Waals surface area (Å²) < 4.78 is 42.6. The van der Waals surface area contributed by atoms with Crippen molar-refractivity contribution in [3.05, 3.63) is 28.2 Å². The molecule has 1 rings (SSSR count). The number of hydrogen-bond acceptors (Lipinski definition) is 3. The maximum Gasteiger partial charge on any atom is 0.389 e. The van der Waals surface area contributed by atoms with Crippen molar-refractivity contribution in [2.75, 3.05) is 7.11 Å². The molecule has 0 spiro atoms. The van der Waals surface area contributed by atoms with Gasteiger partial charge in [-0.1, -0.05) is 15.9 Å². The molecule has 19 heavy (non-hydrogen) atoms. The summed E-state index contributed by atoms with van der Waals surface area (Å²) in [6.45, 7) is 0. The number of hydrogen-bond donors (Lipinski definition) is 2. The first-order chi connectivity index (χ1) is 8.85. The van der Waals surface area contributed by atoms with E-state index in [2.05, 4.69) is 21.4 Å². The largest absolute Gasteiger partial charge is 0.496 e. The van der Waals surface area contributed by atoms with Crippen molar-refractivity contribution < 1.29 is 17.9 Å². The van der Waals surface area contributed by atoms with Crippen LogP contribution in [0.15, 0.2) is 22.7 Å². The van der Waals surface area contributed by atoms with E-state index in [0.717, 1.165) is 10.0 Å². The fraction of sp³-hybridized carbons (Fsp3) is 0.500. The van der Waals surface area contributed by atoms with Crippen LogP contribution in [0, 0.1) is 0 Å². The Morgan fingerprint density at radius 1 is 1.42 bits per heavy atom. The van der Waals surface area contributed by atoms with E-state index in [9.17, 15) is 13.2 Å². The van der Waals surface area contributed by atoms with Crippen molar-refractivity contribution in [3.63, 3.8) is 0 Å². The molecule has 0 aliphatic carbocycles. The Hall–Kier alpha value is -0.790. The number of benzene rings is 1. The SMILES string of the molecule is COc1ccc(Br)cc1CC(CCC(F)(F)F)NN. The number of nitrogens with one attached hydrogen (secondary N) is 1. The summed E-state index contributed by atoms with van der Waals surface area (Å²) in [7, 11) is 1.52. The minimum absolute atomic E-state index is 0.0737. The molecule has 0 saturated heterocycles. The van der Waals surface area contributed by atoms with Gasteiger partial charge in [0.05, 0.1) is 7.11 Å². The number of methoxy groups -OCH3 is 1. The molecule has 0 aliphatic rings. The molecule has 1 unspecified atom stereocenters. The summed E-state index contributed by atoms with van der Waals surface area (Å²) >= 11 is 3.32. The van der Waals surface area contributed by atoms with E-state index < -0.39 is 18.6 Å². The van der Waals surface area contributed by atoms with Gasteiger partial charge in [-0.3, -0.25) is 11.3 Å². The first-order valence-electron chi connectivity index (χ1n) is 5.71. The number of hydrazine groups is 1. The zero-order valence-electron chi connectivity index (χ0n) is 10.4. The van der Waals surface area contributed by atoms with Crippen LogP contribution in [0.5, 0.6) is 5.75 Å². The first kappa shape index (κ1) is 16.3. The van der Waals surface area contributed by atoms with Crippen LogP contribution < -0.4 is 16.0 Å². The van der Waals surface area contributed by atoms with Crippen molar-refractivity contribution in [1.82, 2.24) is 5.43 Å². The van der Waals surface area contributed by atoms with E-state index in [0.29, 0.717) is 12.2 Å². The molecule has 0 aromatic heterocycles. The Labute approximate surface area is 118 Å². The van der Waals surface area contributed by atoms with E-state index >= 15 is 0 Å². The third-order valence-corrected chi connectivity index (χ3v) is 3.21. The van der Waals surface area contributed by atoms with Gasteiger partial charge >= 0.3 is 6.18 Å². The monoisotopic (exact) mass is 340 g/mol. The van der Waals surface area contributed by atoms with Crippen molar-refractivity contribution >= 4 is 15.9 Å². The highest BCUT2D eigenvalue weighted by atomic mass is 79.9. The average molecular weight is 341 g/mol. The van der Waals surface area contributed by atoms with Gasteiger partial charge in [0.1, 0.15) is 5.75 Å². The molecule has 0 heterocycles. The Morgan fingerprint density at radius 2 is 2.11 bits per heavy atom. The standard InChI is InChI=1S/C12H16BrF3N2O/c1-19-11-3-2-9(13)6-8(11)7-10(18-17)4-5-12(14,15)16/h2-3,6,10,18H,4-5,7,17H2,1H3. The second-order valence-electron chi connectivity index (χ2n) is 4.18. The fourth-order valence-corrected chi connectivity index (χ4v) is 2.16. The predicted molar refractivity (Wildman–Crippen MR) is 70.8 cm³/mol. The topological polar surface area (TPSA) is 47.3 Å². The maximum atomic E-state index is 12.2. The lowest BCUT2D eigenvalue weighted by Crippen LogP contribution is -2.37. The number of nitrogens with two attached hydrogens (primary N) is 1. The Morgan fingerprint density at radius 3 is 2.63 bits per heavy atom. The Kier molecular flexibility index (Phi) is 6.09. The van der Waals surface area contributed by atoms with Gasteiger partial charge in [0.2, 0.25) is 0 Å². The van der Waals surface area contributed by atoms with Crippen molar-refractivity contribution in [2.24, 2.45) is 5.84 Å². The van der Waals surface area contributed by atoms with Gasteiger partial charge in [-0.25, -0.2) is 0 Å². The number of rotatable bonds is 6. The van der Waals surface area contributed by atoms with Crippen molar-refractivity contribution in [1.29, 1.82) is 0 Å². The summed E-state index contributed by atoms with van der Waals surface area (Å²) in [5.74, 6) is 5.94. The zero-order valence-corrected chi connectivity index (χ0v) is 12.0. The number of ether oxygens (including phenoxy) is 1. The lowest BCUT2D eigenvalue weighted by Gasteiger charge is -2.18. The van der Waals surface area contributed by atoms with E-state index in [1.165, 1.54) is 7.11 Å². The second kappa shape index (κ2) is 7.12. The van der Waals surface area contributed by atoms with Gasteiger partial charge in [-0.15, -0.1) is 0 Å². The van der Waals surface area contributed by atoms with Crippen LogP contribution in [0.4, 0.5) is 13.2 Å². The molecule has 0 bridgehead atoms. The molecule has 1 aromatic rings. The van der Waals surface area contributed by atoms with Gasteiger partial charge in [0.25, 0.3) is 0 Å². The lowest BCUT2D eigenvalue weighted by molar-refractivity contribution is -0.136. The highest BCUT2D eigenvalue weighted by Crippen LogP contribution is 2.27. The van der Waals surface area contributed by atoms with Gasteiger partial charge in [0, 0.05) is 16.9 Å². The summed E-state index contributed by atoms with van der Waals surface area (Å²) in [5, 5.41) is 0. The minimum Gasteiger partial charge on any atom is -0.496 e.